The highest BCUT2D eigenvalue weighted by Gasteiger charge is 2.27. The number of nitrogens with one attached hydrogen (secondary N) is 2. The van der Waals surface area contributed by atoms with Gasteiger partial charge in [0.05, 0.1) is 11.8 Å². The minimum atomic E-state index is -0.0477. The maximum atomic E-state index is 11.7. The van der Waals surface area contributed by atoms with Gasteiger partial charge in [0, 0.05) is 6.54 Å². The Hall–Kier alpha value is -1.29. The molecule has 0 unspecified atom stereocenters. The fourth-order valence-electron chi connectivity index (χ4n) is 2.00. The first-order chi connectivity index (χ1) is 7.70. The quantitative estimate of drug-likeness (QED) is 0.812. The number of hydrogen-bond acceptors (Lipinski definition) is 3. The van der Waals surface area contributed by atoms with Gasteiger partial charge in [-0.1, -0.05) is 6.92 Å². The summed E-state index contributed by atoms with van der Waals surface area (Å²) in [4.78, 5) is 11.7. The normalized spacial score (nSPS) is 19.3. The molecule has 0 aromatic carbocycles. The molecule has 0 aliphatic carbocycles. The molecule has 0 radical (unpaired) electrons. The minimum Gasteiger partial charge on any atom is -0.472 e. The highest BCUT2D eigenvalue weighted by Crippen LogP contribution is 2.26. The van der Waals surface area contributed by atoms with E-state index in [4.69, 9.17) is 4.42 Å². The maximum absolute atomic E-state index is 11.7. The van der Waals surface area contributed by atoms with Crippen LogP contribution >= 0.6 is 0 Å². The van der Waals surface area contributed by atoms with Crippen LogP contribution in [0.15, 0.2) is 23.0 Å². The third-order valence-electron chi connectivity index (χ3n) is 3.27. The minimum absolute atomic E-state index is 0.0477. The van der Waals surface area contributed by atoms with Crippen molar-refractivity contribution >= 4 is 5.91 Å². The van der Waals surface area contributed by atoms with Crippen LogP contribution in [0.4, 0.5) is 0 Å². The molecule has 1 amide bonds. The van der Waals surface area contributed by atoms with E-state index in [9.17, 15) is 4.79 Å². The summed E-state index contributed by atoms with van der Waals surface area (Å²) in [7, 11) is 0. The summed E-state index contributed by atoms with van der Waals surface area (Å²) in [5.74, 6) is -0.0477. The van der Waals surface area contributed by atoms with Crippen LogP contribution in [0.3, 0.4) is 0 Å². The molecule has 4 heteroatoms. The summed E-state index contributed by atoms with van der Waals surface area (Å²) in [6.07, 6.45) is 5.21. The third kappa shape index (κ3) is 2.64. The summed E-state index contributed by atoms with van der Waals surface area (Å²) in [5, 5.41) is 6.30. The van der Waals surface area contributed by atoms with E-state index in [1.54, 1.807) is 6.07 Å². The molecule has 1 aromatic heterocycles. The predicted octanol–water partition coefficient (Wildman–Crippen LogP) is 1.40. The molecular formula is C12H18N2O2. The zero-order valence-corrected chi connectivity index (χ0v) is 9.58. The van der Waals surface area contributed by atoms with Crippen molar-refractivity contribution in [3.8, 4) is 0 Å². The van der Waals surface area contributed by atoms with Crippen LogP contribution < -0.4 is 10.6 Å². The Morgan fingerprint density at radius 3 is 2.94 bits per heavy atom. The van der Waals surface area contributed by atoms with E-state index < -0.39 is 0 Å². The Morgan fingerprint density at radius 1 is 1.56 bits per heavy atom. The van der Waals surface area contributed by atoms with Crippen molar-refractivity contribution < 1.29 is 9.21 Å². The second-order valence-electron chi connectivity index (χ2n) is 4.76. The number of rotatable bonds is 3. The Bertz CT molecular complexity index is 340. The first kappa shape index (κ1) is 11.2. The van der Waals surface area contributed by atoms with E-state index >= 15 is 0 Å². The molecule has 1 aromatic rings. The molecule has 4 nitrogen and oxygen atoms in total. The fraction of sp³-hybridized carbons (Fsp3) is 0.583. The smallest absolute Gasteiger partial charge is 0.254 e. The van der Waals surface area contributed by atoms with Crippen molar-refractivity contribution in [2.24, 2.45) is 5.41 Å². The molecule has 16 heavy (non-hydrogen) atoms. The van der Waals surface area contributed by atoms with E-state index in [0.29, 0.717) is 5.56 Å². The number of piperidine rings is 1. The van der Waals surface area contributed by atoms with E-state index in [1.165, 1.54) is 12.5 Å². The number of amides is 1. The molecule has 0 saturated carbocycles. The van der Waals surface area contributed by atoms with Crippen LogP contribution in [0.25, 0.3) is 0 Å². The topological polar surface area (TPSA) is 54.3 Å². The summed E-state index contributed by atoms with van der Waals surface area (Å²) in [6.45, 7) is 5.04. The lowest BCUT2D eigenvalue weighted by Crippen LogP contribution is -2.42. The van der Waals surface area contributed by atoms with E-state index in [0.717, 1.165) is 32.5 Å². The second-order valence-corrected chi connectivity index (χ2v) is 4.76. The summed E-state index contributed by atoms with van der Waals surface area (Å²) in [5.41, 5.74) is 0.822. The first-order valence-electron chi connectivity index (χ1n) is 5.71. The standard InChI is InChI=1S/C12H18N2O2/c1-12(3-5-13-6-4-12)9-14-11(15)10-2-7-16-8-10/h2,7-8,13H,3-6,9H2,1H3,(H,14,15). The van der Waals surface area contributed by atoms with Crippen molar-refractivity contribution in [2.45, 2.75) is 19.8 Å². The van der Waals surface area contributed by atoms with Gasteiger partial charge in [-0.25, -0.2) is 0 Å². The van der Waals surface area contributed by atoms with Gasteiger partial charge in [0.1, 0.15) is 6.26 Å². The van der Waals surface area contributed by atoms with Crippen LogP contribution in [0.1, 0.15) is 30.1 Å². The second kappa shape index (κ2) is 4.70. The van der Waals surface area contributed by atoms with Gasteiger partial charge in [-0.15, -0.1) is 0 Å². The first-order valence-corrected chi connectivity index (χ1v) is 5.71. The largest absolute Gasteiger partial charge is 0.472 e. The van der Waals surface area contributed by atoms with Gasteiger partial charge in [0.15, 0.2) is 0 Å². The highest BCUT2D eigenvalue weighted by atomic mass is 16.3. The average Bonchev–Trinajstić information content (AvgIpc) is 2.80. The van der Waals surface area contributed by atoms with Crippen LogP contribution in [0.5, 0.6) is 0 Å². The van der Waals surface area contributed by atoms with Crippen molar-refractivity contribution in [1.29, 1.82) is 0 Å². The molecule has 1 fully saturated rings. The molecule has 2 rings (SSSR count). The predicted molar refractivity (Wildman–Crippen MR) is 61.3 cm³/mol. The van der Waals surface area contributed by atoms with Gasteiger partial charge in [-0.3, -0.25) is 4.79 Å². The van der Waals surface area contributed by atoms with Crippen molar-refractivity contribution in [3.05, 3.63) is 24.2 Å². The SMILES string of the molecule is CC1(CNC(=O)c2ccoc2)CCNCC1. The van der Waals surface area contributed by atoms with Crippen LogP contribution in [-0.4, -0.2) is 25.5 Å². The third-order valence-corrected chi connectivity index (χ3v) is 3.27. The van der Waals surface area contributed by atoms with Crippen LogP contribution in [0.2, 0.25) is 0 Å². The summed E-state index contributed by atoms with van der Waals surface area (Å²) >= 11 is 0. The van der Waals surface area contributed by atoms with Crippen molar-refractivity contribution in [2.75, 3.05) is 19.6 Å². The maximum Gasteiger partial charge on any atom is 0.254 e. The molecule has 0 atom stereocenters. The average molecular weight is 222 g/mol. The van der Waals surface area contributed by atoms with Gasteiger partial charge in [-0.05, 0) is 37.4 Å². The molecule has 2 N–H and O–H groups in total. The summed E-state index contributed by atoms with van der Waals surface area (Å²) < 4.78 is 4.88. The molecule has 1 saturated heterocycles. The van der Waals surface area contributed by atoms with Gasteiger partial charge >= 0.3 is 0 Å². The molecule has 1 aliphatic heterocycles. The monoisotopic (exact) mass is 222 g/mol. The molecule has 1 aliphatic rings. The number of furan rings is 1. The molecular weight excluding hydrogens is 204 g/mol. The number of hydrogen-bond donors (Lipinski definition) is 2. The van der Waals surface area contributed by atoms with Crippen molar-refractivity contribution in [3.63, 3.8) is 0 Å². The number of carbonyl (C=O) groups is 1. The Balaban J connectivity index is 1.84. The highest BCUT2D eigenvalue weighted by molar-refractivity contribution is 5.93. The van der Waals surface area contributed by atoms with Gasteiger partial charge < -0.3 is 15.1 Å². The lowest BCUT2D eigenvalue weighted by atomic mass is 9.81. The fourth-order valence-corrected chi connectivity index (χ4v) is 2.00. The molecule has 0 spiro atoms. The van der Waals surface area contributed by atoms with Gasteiger partial charge in [0.2, 0.25) is 0 Å². The zero-order valence-electron chi connectivity index (χ0n) is 9.58. The Kier molecular flexibility index (Phi) is 3.29. The van der Waals surface area contributed by atoms with E-state index in [1.807, 2.05) is 0 Å². The van der Waals surface area contributed by atoms with E-state index in [-0.39, 0.29) is 11.3 Å². The lowest BCUT2D eigenvalue weighted by molar-refractivity contribution is 0.0921. The molecule has 0 bridgehead atoms. The van der Waals surface area contributed by atoms with Crippen LogP contribution in [0, 0.1) is 5.41 Å². The molecule has 2 heterocycles. The molecule has 88 valence electrons. The van der Waals surface area contributed by atoms with Gasteiger partial charge in [-0.2, -0.15) is 0 Å². The van der Waals surface area contributed by atoms with E-state index in [2.05, 4.69) is 17.6 Å². The van der Waals surface area contributed by atoms with Crippen LogP contribution in [-0.2, 0) is 0 Å². The zero-order chi connectivity index (χ0) is 11.4. The summed E-state index contributed by atoms with van der Waals surface area (Å²) in [6, 6.07) is 1.68. The van der Waals surface area contributed by atoms with Gasteiger partial charge in [0.25, 0.3) is 5.91 Å². The number of carbonyl (C=O) groups excluding carboxylic acids is 1. The Morgan fingerprint density at radius 2 is 2.31 bits per heavy atom. The lowest BCUT2D eigenvalue weighted by Gasteiger charge is -2.34. The Labute approximate surface area is 95.4 Å². The van der Waals surface area contributed by atoms with Crippen molar-refractivity contribution in [1.82, 2.24) is 10.6 Å².